The van der Waals surface area contributed by atoms with Crippen molar-refractivity contribution in [3.8, 4) is 11.5 Å². The molecule has 1 aliphatic heterocycles. The molecule has 3 aromatic rings. The quantitative estimate of drug-likeness (QED) is 0.448. The fourth-order valence-electron chi connectivity index (χ4n) is 4.94. The van der Waals surface area contributed by atoms with Crippen LogP contribution >= 0.6 is 0 Å². The normalized spacial score (nSPS) is 15.8. The molecule has 1 saturated carbocycles. The molecule has 36 heavy (non-hydrogen) atoms. The van der Waals surface area contributed by atoms with Crippen molar-refractivity contribution in [2.45, 2.75) is 64.1 Å². The molecule has 188 valence electrons. The fraction of sp³-hybridized carbons (Fsp3) is 0.379. The average Bonchev–Trinajstić information content (AvgIpc) is 3.66. The Bertz CT molecular complexity index is 1200. The Labute approximate surface area is 211 Å². The van der Waals surface area contributed by atoms with Crippen molar-refractivity contribution >= 4 is 11.8 Å². The molecular formula is C29H32N2O5. The van der Waals surface area contributed by atoms with Gasteiger partial charge in [0.15, 0.2) is 17.3 Å². The predicted octanol–water partition coefficient (Wildman–Crippen LogP) is 5.57. The molecule has 1 unspecified atom stereocenters. The van der Waals surface area contributed by atoms with E-state index in [1.54, 1.807) is 17.0 Å². The van der Waals surface area contributed by atoms with E-state index in [-0.39, 0.29) is 37.0 Å². The minimum atomic E-state index is -0.824. The van der Waals surface area contributed by atoms with Gasteiger partial charge in [0, 0.05) is 12.6 Å². The van der Waals surface area contributed by atoms with Crippen LogP contribution in [0, 0.1) is 0 Å². The third kappa shape index (κ3) is 5.10. The van der Waals surface area contributed by atoms with Crippen LogP contribution in [0.2, 0.25) is 0 Å². The standard InChI is InChI=1S/C29H32N2O5/c1-19(2)21-10-12-22(13-11-21)27(28(32)30-23-6-3-4-7-23)31(29(33)25-8-5-15-34-25)17-20-9-14-24-26(16-20)36-18-35-24/h5,8-16,19,23,27H,3-4,6-7,17-18H2,1-2H3,(H,30,32). The Kier molecular flexibility index (Phi) is 6.98. The molecule has 1 atom stereocenters. The fourth-order valence-corrected chi connectivity index (χ4v) is 4.94. The average molecular weight is 489 g/mol. The molecule has 2 aliphatic rings. The second-order valence-electron chi connectivity index (χ2n) is 9.81. The highest BCUT2D eigenvalue weighted by atomic mass is 16.7. The number of fused-ring (bicyclic) bond motifs is 1. The molecule has 7 heteroatoms. The second-order valence-corrected chi connectivity index (χ2v) is 9.81. The van der Waals surface area contributed by atoms with E-state index in [4.69, 9.17) is 13.9 Å². The van der Waals surface area contributed by atoms with E-state index in [9.17, 15) is 9.59 Å². The number of carbonyl (C=O) groups excluding carboxylic acids is 2. The highest BCUT2D eigenvalue weighted by Crippen LogP contribution is 2.34. The smallest absolute Gasteiger partial charge is 0.290 e. The maximum Gasteiger partial charge on any atom is 0.290 e. The van der Waals surface area contributed by atoms with E-state index in [2.05, 4.69) is 19.2 Å². The molecule has 0 spiro atoms. The van der Waals surface area contributed by atoms with Crippen molar-refractivity contribution in [3.05, 3.63) is 83.3 Å². The summed E-state index contributed by atoms with van der Waals surface area (Å²) in [4.78, 5) is 29.2. The van der Waals surface area contributed by atoms with E-state index in [1.807, 2.05) is 42.5 Å². The van der Waals surface area contributed by atoms with Gasteiger partial charge in [-0.25, -0.2) is 0 Å². The maximum absolute atomic E-state index is 13.8. The number of nitrogens with one attached hydrogen (secondary N) is 1. The summed E-state index contributed by atoms with van der Waals surface area (Å²) in [6.45, 7) is 4.63. The highest BCUT2D eigenvalue weighted by molar-refractivity contribution is 5.96. The number of nitrogens with zero attached hydrogens (tertiary/aromatic N) is 1. The first-order valence-electron chi connectivity index (χ1n) is 12.6. The summed E-state index contributed by atoms with van der Waals surface area (Å²) in [5.41, 5.74) is 2.76. The van der Waals surface area contributed by atoms with Crippen LogP contribution < -0.4 is 14.8 Å². The van der Waals surface area contributed by atoms with E-state index < -0.39 is 6.04 Å². The number of carbonyl (C=O) groups is 2. The van der Waals surface area contributed by atoms with Gasteiger partial charge in [0.25, 0.3) is 5.91 Å². The van der Waals surface area contributed by atoms with Gasteiger partial charge in [-0.1, -0.05) is 57.0 Å². The number of hydrogen-bond donors (Lipinski definition) is 1. The molecule has 0 radical (unpaired) electrons. The third-order valence-corrected chi connectivity index (χ3v) is 6.96. The summed E-state index contributed by atoms with van der Waals surface area (Å²) in [6.07, 6.45) is 5.59. The Morgan fingerprint density at radius 1 is 0.972 bits per heavy atom. The minimum Gasteiger partial charge on any atom is -0.459 e. The zero-order valence-electron chi connectivity index (χ0n) is 20.7. The van der Waals surface area contributed by atoms with Gasteiger partial charge in [0.2, 0.25) is 12.7 Å². The molecule has 5 rings (SSSR count). The lowest BCUT2D eigenvalue weighted by Gasteiger charge is -2.32. The molecule has 0 saturated heterocycles. The van der Waals surface area contributed by atoms with Crippen molar-refractivity contribution in [1.82, 2.24) is 10.2 Å². The van der Waals surface area contributed by atoms with Crippen molar-refractivity contribution in [2.75, 3.05) is 6.79 Å². The first kappa shape index (κ1) is 24.0. The van der Waals surface area contributed by atoms with Gasteiger partial charge in [0.1, 0.15) is 6.04 Å². The first-order chi connectivity index (χ1) is 17.5. The van der Waals surface area contributed by atoms with Gasteiger partial charge in [-0.2, -0.15) is 0 Å². The van der Waals surface area contributed by atoms with Gasteiger partial charge < -0.3 is 24.1 Å². The summed E-state index contributed by atoms with van der Waals surface area (Å²) in [5.74, 6) is 1.32. The van der Waals surface area contributed by atoms with Gasteiger partial charge in [-0.3, -0.25) is 9.59 Å². The van der Waals surface area contributed by atoms with Gasteiger partial charge in [-0.15, -0.1) is 0 Å². The topological polar surface area (TPSA) is 81.0 Å². The molecule has 1 fully saturated rings. The first-order valence-corrected chi connectivity index (χ1v) is 12.6. The molecule has 2 amide bonds. The Morgan fingerprint density at radius 2 is 1.69 bits per heavy atom. The van der Waals surface area contributed by atoms with Gasteiger partial charge >= 0.3 is 0 Å². The van der Waals surface area contributed by atoms with E-state index in [0.29, 0.717) is 17.4 Å². The van der Waals surface area contributed by atoms with Crippen LogP contribution in [0.3, 0.4) is 0 Å². The molecule has 2 aromatic carbocycles. The maximum atomic E-state index is 13.8. The van der Waals surface area contributed by atoms with Crippen molar-refractivity contribution < 1.29 is 23.5 Å². The third-order valence-electron chi connectivity index (χ3n) is 6.96. The number of rotatable bonds is 8. The lowest BCUT2D eigenvalue weighted by Crippen LogP contribution is -2.45. The Morgan fingerprint density at radius 3 is 2.39 bits per heavy atom. The van der Waals surface area contributed by atoms with Crippen LogP contribution in [0.4, 0.5) is 0 Å². The molecule has 1 N–H and O–H groups in total. The van der Waals surface area contributed by atoms with Gasteiger partial charge in [-0.05, 0) is 59.7 Å². The zero-order chi connectivity index (χ0) is 25.1. The SMILES string of the molecule is CC(C)c1ccc(C(C(=O)NC2CCCC2)N(Cc2ccc3c(c2)OCO3)C(=O)c2ccco2)cc1. The molecule has 0 bridgehead atoms. The predicted molar refractivity (Wildman–Crippen MR) is 135 cm³/mol. The van der Waals surface area contributed by atoms with Crippen LogP contribution in [-0.2, 0) is 11.3 Å². The molecule has 1 aliphatic carbocycles. The van der Waals surface area contributed by atoms with E-state index in [0.717, 1.165) is 36.8 Å². The van der Waals surface area contributed by atoms with Crippen molar-refractivity contribution in [2.24, 2.45) is 0 Å². The minimum absolute atomic E-state index is 0.126. The summed E-state index contributed by atoms with van der Waals surface area (Å²) in [7, 11) is 0. The number of furan rings is 1. The van der Waals surface area contributed by atoms with Crippen LogP contribution in [0.25, 0.3) is 0 Å². The summed E-state index contributed by atoms with van der Waals surface area (Å²) >= 11 is 0. The van der Waals surface area contributed by atoms with Crippen LogP contribution in [-0.4, -0.2) is 29.5 Å². The summed E-state index contributed by atoms with van der Waals surface area (Å²) < 4.78 is 16.5. The zero-order valence-corrected chi connectivity index (χ0v) is 20.7. The largest absolute Gasteiger partial charge is 0.459 e. The Hall–Kier alpha value is -3.74. The monoisotopic (exact) mass is 488 g/mol. The summed E-state index contributed by atoms with van der Waals surface area (Å²) in [5, 5.41) is 3.21. The van der Waals surface area contributed by atoms with Gasteiger partial charge in [0.05, 0.1) is 6.26 Å². The van der Waals surface area contributed by atoms with E-state index >= 15 is 0 Å². The van der Waals surface area contributed by atoms with E-state index in [1.165, 1.54) is 11.8 Å². The lowest BCUT2D eigenvalue weighted by atomic mass is 9.97. The lowest BCUT2D eigenvalue weighted by molar-refractivity contribution is -0.126. The van der Waals surface area contributed by atoms with Crippen LogP contribution in [0.15, 0.2) is 65.3 Å². The highest BCUT2D eigenvalue weighted by Gasteiger charge is 2.35. The number of hydrogen-bond acceptors (Lipinski definition) is 5. The number of ether oxygens (including phenoxy) is 2. The van der Waals surface area contributed by atoms with Crippen LogP contribution in [0.1, 0.15) is 78.7 Å². The molecule has 1 aromatic heterocycles. The number of amides is 2. The molecule has 7 nitrogen and oxygen atoms in total. The van der Waals surface area contributed by atoms with Crippen molar-refractivity contribution in [3.63, 3.8) is 0 Å². The molecule has 2 heterocycles. The van der Waals surface area contributed by atoms with Crippen molar-refractivity contribution in [1.29, 1.82) is 0 Å². The van der Waals surface area contributed by atoms with Crippen LogP contribution in [0.5, 0.6) is 11.5 Å². The Balaban J connectivity index is 1.53. The summed E-state index contributed by atoms with van der Waals surface area (Å²) in [6, 6.07) is 16.2. The second kappa shape index (κ2) is 10.5. The molecular weight excluding hydrogens is 456 g/mol. The number of benzene rings is 2.